The number of esters is 1. The highest BCUT2D eigenvalue weighted by atomic mass is 31.2. The minimum atomic E-state index is -4.48. The van der Waals surface area contributed by atoms with Crippen LogP contribution in [0, 0.1) is 24.7 Å². The number of carbonyl (C=O) groups excluding carboxylic acids is 1. The minimum absolute atomic E-state index is 0.140. The number of anilines is 1. The van der Waals surface area contributed by atoms with Crippen LogP contribution in [0.25, 0.3) is 11.0 Å². The number of likely N-dealkylation sites (N-methyl/N-ethyl adjacent to an activating group) is 2. The van der Waals surface area contributed by atoms with Crippen molar-refractivity contribution in [1.29, 1.82) is 0 Å². The molecule has 2 fully saturated rings. The average Bonchev–Trinajstić information content (AvgIpc) is 3.72. The highest BCUT2D eigenvalue weighted by molar-refractivity contribution is 7.49. The van der Waals surface area contributed by atoms with Crippen LogP contribution in [-0.2, 0) is 23.4 Å². The van der Waals surface area contributed by atoms with E-state index >= 15 is 0 Å². The molecule has 15 nitrogen and oxygen atoms in total. The summed E-state index contributed by atoms with van der Waals surface area (Å²) in [6.45, 7) is 7.73. The molecule has 256 valence electrons. The molecule has 5 rings (SSSR count). The minimum Gasteiger partial charge on any atom is -0.761 e. The van der Waals surface area contributed by atoms with Crippen molar-refractivity contribution in [3.8, 4) is 11.8 Å². The third-order valence-electron chi connectivity index (χ3n) is 8.72. The van der Waals surface area contributed by atoms with Gasteiger partial charge in [0, 0.05) is 50.6 Å². The Labute approximate surface area is 274 Å². The normalized spacial score (nSPS) is 25.1. The molecule has 2 aliphatic heterocycles. The molecule has 0 bridgehead atoms. The van der Waals surface area contributed by atoms with Crippen molar-refractivity contribution in [2.24, 2.45) is 5.92 Å². The van der Waals surface area contributed by atoms with Gasteiger partial charge in [0.1, 0.15) is 42.6 Å². The van der Waals surface area contributed by atoms with Crippen molar-refractivity contribution >= 4 is 30.6 Å². The molecule has 0 spiro atoms. The van der Waals surface area contributed by atoms with Gasteiger partial charge in [-0.25, -0.2) is 15.0 Å². The molecular formula is C31H44N8O7P-. The van der Waals surface area contributed by atoms with Crippen molar-refractivity contribution in [2.75, 3.05) is 46.1 Å². The van der Waals surface area contributed by atoms with Crippen molar-refractivity contribution in [3.63, 3.8) is 0 Å². The predicted molar refractivity (Wildman–Crippen MR) is 172 cm³/mol. The van der Waals surface area contributed by atoms with Gasteiger partial charge in [0.15, 0.2) is 0 Å². The Kier molecular flexibility index (Phi) is 11.0. The van der Waals surface area contributed by atoms with Crippen LogP contribution < -0.4 is 10.6 Å². The van der Waals surface area contributed by atoms with Crippen LogP contribution >= 0.6 is 7.75 Å². The van der Waals surface area contributed by atoms with Crippen molar-refractivity contribution in [1.82, 2.24) is 33.7 Å². The van der Waals surface area contributed by atoms with Gasteiger partial charge in [0.05, 0.1) is 36.1 Å². The summed E-state index contributed by atoms with van der Waals surface area (Å²) < 4.78 is 32.0. The fourth-order valence-electron chi connectivity index (χ4n) is 6.12. The largest absolute Gasteiger partial charge is 0.761 e. The van der Waals surface area contributed by atoms with E-state index in [-0.39, 0.29) is 49.5 Å². The second-order valence-corrected chi connectivity index (χ2v) is 14.4. The first kappa shape index (κ1) is 35.0. The smallest absolute Gasteiger partial charge is 0.306 e. The molecule has 0 aliphatic carbocycles. The number of nitrogen functional groups attached to an aromatic ring is 1. The molecule has 4 unspecified atom stereocenters. The number of aromatic nitrogens is 5. The van der Waals surface area contributed by atoms with Crippen molar-refractivity contribution < 1.29 is 33.4 Å². The lowest BCUT2D eigenvalue weighted by atomic mass is 9.99. The monoisotopic (exact) mass is 671 g/mol. The lowest BCUT2D eigenvalue weighted by Crippen LogP contribution is -2.57. The van der Waals surface area contributed by atoms with Gasteiger partial charge in [-0.1, -0.05) is 25.7 Å². The first-order valence-electron chi connectivity index (χ1n) is 15.8. The SMILES string of the molecule is Cc1nccn1P(=O)([O-])OC[C@H]1O[C@@H](n2cc(C#CCCC(=O)OCC3CN(C)C(CC(C)C)CN3C)c3c(N)ncnc32)CC1O. The van der Waals surface area contributed by atoms with Crippen LogP contribution in [-0.4, -0.2) is 109 Å². The number of fused-ring (bicyclic) bond motifs is 1. The van der Waals surface area contributed by atoms with E-state index in [2.05, 4.69) is 64.5 Å². The van der Waals surface area contributed by atoms with E-state index in [4.69, 9.17) is 19.7 Å². The number of aliphatic hydroxyl groups is 1. The number of nitrogens with zero attached hydrogens (tertiary/aromatic N) is 7. The summed E-state index contributed by atoms with van der Waals surface area (Å²) in [6.07, 6.45) is 4.76. The van der Waals surface area contributed by atoms with Gasteiger partial charge in [-0.2, -0.15) is 0 Å². The number of carbonyl (C=O) groups is 1. The van der Waals surface area contributed by atoms with Crippen LogP contribution in [0.4, 0.5) is 5.82 Å². The van der Waals surface area contributed by atoms with E-state index in [1.54, 1.807) is 17.7 Å². The van der Waals surface area contributed by atoms with Crippen LogP contribution in [0.15, 0.2) is 24.9 Å². The van der Waals surface area contributed by atoms with Gasteiger partial charge in [-0.05, 0) is 33.4 Å². The first-order valence-corrected chi connectivity index (χ1v) is 17.3. The van der Waals surface area contributed by atoms with Gasteiger partial charge in [-0.15, -0.1) is 0 Å². The third-order valence-corrected chi connectivity index (χ3v) is 10.1. The van der Waals surface area contributed by atoms with Crippen LogP contribution in [0.1, 0.15) is 57.1 Å². The molecule has 47 heavy (non-hydrogen) atoms. The number of rotatable bonds is 11. The number of hydrogen-bond acceptors (Lipinski definition) is 13. The lowest BCUT2D eigenvalue weighted by Gasteiger charge is -2.43. The maximum absolute atomic E-state index is 12.6. The molecule has 3 aromatic rings. The van der Waals surface area contributed by atoms with E-state index < -0.39 is 26.2 Å². The second-order valence-electron chi connectivity index (χ2n) is 12.7. The van der Waals surface area contributed by atoms with E-state index in [0.717, 1.165) is 23.8 Å². The zero-order chi connectivity index (χ0) is 33.9. The average molecular weight is 672 g/mol. The number of aliphatic hydroxyl groups excluding tert-OH is 1. The molecule has 3 aromatic heterocycles. The zero-order valence-corrected chi connectivity index (χ0v) is 28.4. The molecule has 0 aromatic carbocycles. The quantitative estimate of drug-likeness (QED) is 0.170. The van der Waals surface area contributed by atoms with E-state index in [0.29, 0.717) is 35.2 Å². The van der Waals surface area contributed by atoms with Gasteiger partial charge < -0.3 is 39.2 Å². The summed E-state index contributed by atoms with van der Waals surface area (Å²) in [7, 11) is -0.271. The van der Waals surface area contributed by atoms with Crippen molar-refractivity contribution in [2.45, 2.75) is 77.0 Å². The van der Waals surface area contributed by atoms with Crippen LogP contribution in [0.2, 0.25) is 0 Å². The molecule has 2 saturated heterocycles. The van der Waals surface area contributed by atoms with Crippen LogP contribution in [0.5, 0.6) is 0 Å². The summed E-state index contributed by atoms with van der Waals surface area (Å²) in [5.41, 5.74) is 7.18. The molecule has 2 aliphatic rings. The third kappa shape index (κ3) is 8.21. The Morgan fingerprint density at radius 2 is 1.96 bits per heavy atom. The number of ether oxygens (including phenoxy) is 2. The molecular weight excluding hydrogens is 627 g/mol. The maximum atomic E-state index is 12.6. The lowest BCUT2D eigenvalue weighted by molar-refractivity contribution is -0.205. The Morgan fingerprint density at radius 3 is 2.68 bits per heavy atom. The number of hydrogen-bond donors (Lipinski definition) is 2. The molecule has 6 atom stereocenters. The molecule has 5 heterocycles. The van der Waals surface area contributed by atoms with E-state index in [1.807, 2.05) is 0 Å². The Balaban J connectivity index is 1.18. The maximum Gasteiger partial charge on any atom is 0.306 e. The van der Waals surface area contributed by atoms with E-state index in [9.17, 15) is 19.4 Å². The number of imidazole rings is 1. The van der Waals surface area contributed by atoms with Gasteiger partial charge in [0.2, 0.25) is 7.75 Å². The predicted octanol–water partition coefficient (Wildman–Crippen LogP) is 1.54. The summed E-state index contributed by atoms with van der Waals surface area (Å²) in [5, 5.41) is 11.2. The first-order chi connectivity index (χ1) is 22.3. The molecule has 0 radical (unpaired) electrons. The number of nitrogens with two attached hydrogens (primary N) is 1. The summed E-state index contributed by atoms with van der Waals surface area (Å²) in [4.78, 5) is 42.1. The molecule has 3 N–H and O–H groups in total. The highest BCUT2D eigenvalue weighted by Gasteiger charge is 2.37. The summed E-state index contributed by atoms with van der Waals surface area (Å²) >= 11 is 0. The molecule has 0 saturated carbocycles. The van der Waals surface area contributed by atoms with Crippen LogP contribution in [0.3, 0.4) is 0 Å². The zero-order valence-electron chi connectivity index (χ0n) is 27.5. The van der Waals surface area contributed by atoms with Gasteiger partial charge in [-0.3, -0.25) is 18.6 Å². The fraction of sp³-hybridized carbons (Fsp3) is 0.613. The topological polar surface area (TPSA) is 186 Å². The standard InChI is InChI=1S/C31H45N8O7P/c1-20(2)12-23-15-37(5)24(16-36(23)4)17-44-28(41)9-7-6-8-22-14-38(31-29(22)30(32)34-19-35-31)27-13-25(40)26(46-27)18-45-47(42,43)39-11-10-33-21(39)3/h10-11,14,19-20,23-27,40H,7,9,12-13,15-18H2,1-5H3,(H,42,43)(H2,32,34,35)/p-1/t23?,24?,25?,26-,27-/m1/s1. The summed E-state index contributed by atoms with van der Waals surface area (Å²) in [5.74, 6) is 6.89. The molecule has 16 heteroatoms. The summed E-state index contributed by atoms with van der Waals surface area (Å²) in [6, 6.07) is 0.635. The highest BCUT2D eigenvalue weighted by Crippen LogP contribution is 2.42. The second kappa shape index (κ2) is 14.8. The Bertz CT molecular complexity index is 1670. The fourth-order valence-corrected chi connectivity index (χ4v) is 7.21. The Hall–Kier alpha value is -3.35. The Morgan fingerprint density at radius 1 is 1.21 bits per heavy atom. The van der Waals surface area contributed by atoms with E-state index in [1.165, 1.54) is 18.7 Å². The molecule has 0 amide bonds. The number of piperazine rings is 1. The van der Waals surface area contributed by atoms with Gasteiger partial charge >= 0.3 is 5.97 Å². The number of aryl methyl sites for hydroxylation is 1. The van der Waals surface area contributed by atoms with Crippen molar-refractivity contribution in [3.05, 3.63) is 36.3 Å². The van der Waals surface area contributed by atoms with Gasteiger partial charge in [0.25, 0.3) is 0 Å².